The number of hydrogen-bond donors (Lipinski definition) is 7. The molecule has 31 heavy (non-hydrogen) atoms. The van der Waals surface area contributed by atoms with Crippen LogP contribution in [0.4, 0.5) is 0 Å². The molecule has 0 aromatic rings. The first-order valence-electron chi connectivity index (χ1n) is 9.42. The van der Waals surface area contributed by atoms with Crippen molar-refractivity contribution in [3.8, 4) is 0 Å². The zero-order valence-corrected chi connectivity index (χ0v) is 17.4. The van der Waals surface area contributed by atoms with E-state index in [0.29, 0.717) is 6.42 Å². The van der Waals surface area contributed by atoms with Crippen LogP contribution in [0.5, 0.6) is 0 Å². The fourth-order valence-electron chi connectivity index (χ4n) is 3.04. The Morgan fingerprint density at radius 3 is 2.19 bits per heavy atom. The molecule has 0 spiro atoms. The smallest absolute Gasteiger partial charge is 0.326 e. The average Bonchev–Trinajstić information content (AvgIpc) is 3.18. The molecule has 0 aromatic heterocycles. The lowest BCUT2D eigenvalue weighted by atomic mass is 10.1. The van der Waals surface area contributed by atoms with Crippen molar-refractivity contribution < 1.29 is 44.1 Å². The number of amides is 3. The second kappa shape index (κ2) is 12.1. The number of carboxylic acids is 3. The van der Waals surface area contributed by atoms with Gasteiger partial charge in [-0.1, -0.05) is 0 Å². The molecule has 1 aliphatic rings. The van der Waals surface area contributed by atoms with E-state index in [1.165, 1.54) is 4.90 Å². The predicted molar refractivity (Wildman–Crippen MR) is 107 cm³/mol. The van der Waals surface area contributed by atoms with E-state index in [4.69, 9.17) is 21.1 Å². The normalized spacial score (nSPS) is 18.5. The summed E-state index contributed by atoms with van der Waals surface area (Å²) in [5, 5.41) is 31.2. The van der Waals surface area contributed by atoms with Crippen LogP contribution in [0.1, 0.15) is 32.1 Å². The van der Waals surface area contributed by atoms with Crippen molar-refractivity contribution >= 4 is 48.3 Å². The highest BCUT2D eigenvalue weighted by molar-refractivity contribution is 7.80. The number of rotatable bonds is 12. The van der Waals surface area contributed by atoms with Gasteiger partial charge in [-0.25, -0.2) is 4.79 Å². The second-order valence-corrected chi connectivity index (χ2v) is 7.33. The van der Waals surface area contributed by atoms with Gasteiger partial charge in [-0.3, -0.25) is 24.0 Å². The summed E-state index contributed by atoms with van der Waals surface area (Å²) in [5.74, 6) is -6.56. The van der Waals surface area contributed by atoms with Gasteiger partial charge in [0.15, 0.2) is 0 Å². The monoisotopic (exact) mass is 462 g/mol. The number of carbonyl (C=O) groups excluding carboxylic acids is 3. The third-order valence-electron chi connectivity index (χ3n) is 4.63. The van der Waals surface area contributed by atoms with Gasteiger partial charge in [-0.2, -0.15) is 12.6 Å². The minimum Gasteiger partial charge on any atom is -0.481 e. The molecule has 1 rings (SSSR count). The minimum atomic E-state index is -1.63. The number of carboxylic acid groups (broad SMARTS) is 3. The van der Waals surface area contributed by atoms with Crippen molar-refractivity contribution in [2.24, 2.45) is 5.73 Å². The number of nitrogens with two attached hydrogens (primary N) is 1. The Morgan fingerprint density at radius 2 is 1.68 bits per heavy atom. The number of nitrogens with one attached hydrogen (secondary N) is 2. The molecule has 1 aliphatic heterocycles. The first kappa shape index (κ1) is 26.2. The Balaban J connectivity index is 2.90. The maximum Gasteiger partial charge on any atom is 0.326 e. The molecule has 0 bridgehead atoms. The van der Waals surface area contributed by atoms with Crippen molar-refractivity contribution in [2.45, 2.75) is 56.3 Å². The summed E-state index contributed by atoms with van der Waals surface area (Å²) in [6.07, 6.45) is -1.06. The van der Waals surface area contributed by atoms with E-state index in [1.807, 2.05) is 5.32 Å². The van der Waals surface area contributed by atoms with E-state index in [0.717, 1.165) is 0 Å². The van der Waals surface area contributed by atoms with Crippen LogP contribution in [-0.2, 0) is 28.8 Å². The van der Waals surface area contributed by atoms with Crippen LogP contribution in [0.15, 0.2) is 0 Å². The third-order valence-corrected chi connectivity index (χ3v) is 5.02. The topological polar surface area (TPSA) is 216 Å². The molecule has 7 N–H and O–H groups in total. The van der Waals surface area contributed by atoms with Crippen LogP contribution in [0, 0.1) is 0 Å². The summed E-state index contributed by atoms with van der Waals surface area (Å²) in [6, 6.07) is -5.12. The molecule has 14 heteroatoms. The van der Waals surface area contributed by atoms with E-state index in [1.54, 1.807) is 0 Å². The van der Waals surface area contributed by atoms with Crippen molar-refractivity contribution in [1.82, 2.24) is 15.5 Å². The first-order valence-corrected chi connectivity index (χ1v) is 10.0. The van der Waals surface area contributed by atoms with Crippen LogP contribution >= 0.6 is 12.6 Å². The Hall–Kier alpha value is -2.87. The molecule has 0 saturated carbocycles. The molecular formula is C17H26N4O9S. The molecule has 1 fully saturated rings. The SMILES string of the molecule is NC(CS)C(=O)N1CCCC1C(=O)NC(CC(=O)O)C(=O)NC(CCC(=O)O)C(=O)O. The standard InChI is InChI=1S/C17H26N4O9S/c18-8(7-31)16(28)21-5-1-2-11(21)15(27)20-10(6-13(24)25)14(26)19-9(17(29)30)3-4-12(22)23/h8-11,31H,1-7,18H2,(H,19,26)(H,20,27)(H,22,23)(H,24,25)(H,29,30). The van der Waals surface area contributed by atoms with Gasteiger partial charge >= 0.3 is 17.9 Å². The van der Waals surface area contributed by atoms with E-state index in [9.17, 15) is 28.8 Å². The Labute approximate surface area is 182 Å². The molecule has 1 heterocycles. The van der Waals surface area contributed by atoms with E-state index in [-0.39, 0.29) is 18.7 Å². The van der Waals surface area contributed by atoms with Crippen LogP contribution in [0.2, 0.25) is 0 Å². The summed E-state index contributed by atoms with van der Waals surface area (Å²) in [7, 11) is 0. The van der Waals surface area contributed by atoms with Crippen LogP contribution in [0.25, 0.3) is 0 Å². The maximum atomic E-state index is 12.7. The number of aliphatic carboxylic acids is 3. The molecule has 4 atom stereocenters. The fourth-order valence-corrected chi connectivity index (χ4v) is 3.20. The van der Waals surface area contributed by atoms with Crippen LogP contribution in [-0.4, -0.2) is 92.3 Å². The van der Waals surface area contributed by atoms with Crippen LogP contribution < -0.4 is 16.4 Å². The lowest BCUT2D eigenvalue weighted by Crippen LogP contribution is -2.57. The quantitative estimate of drug-likeness (QED) is 0.153. The van der Waals surface area contributed by atoms with Crippen molar-refractivity contribution in [2.75, 3.05) is 12.3 Å². The number of likely N-dealkylation sites (tertiary alicyclic amines) is 1. The molecule has 0 radical (unpaired) electrons. The molecular weight excluding hydrogens is 436 g/mol. The van der Waals surface area contributed by atoms with Gasteiger partial charge in [-0.15, -0.1) is 0 Å². The summed E-state index contributed by atoms with van der Waals surface area (Å²) in [4.78, 5) is 71.7. The molecule has 0 aliphatic carbocycles. The Morgan fingerprint density at radius 1 is 1.03 bits per heavy atom. The molecule has 13 nitrogen and oxygen atoms in total. The second-order valence-electron chi connectivity index (χ2n) is 6.97. The zero-order valence-electron chi connectivity index (χ0n) is 16.5. The van der Waals surface area contributed by atoms with E-state index < -0.39 is 79.1 Å². The maximum absolute atomic E-state index is 12.7. The van der Waals surface area contributed by atoms with Gasteiger partial charge in [0.1, 0.15) is 18.1 Å². The lowest BCUT2D eigenvalue weighted by Gasteiger charge is -2.28. The predicted octanol–water partition coefficient (Wildman–Crippen LogP) is -2.37. The Kier molecular flexibility index (Phi) is 10.2. The van der Waals surface area contributed by atoms with Gasteiger partial charge < -0.3 is 36.6 Å². The number of hydrogen-bond acceptors (Lipinski definition) is 8. The largest absolute Gasteiger partial charge is 0.481 e. The Bertz CT molecular complexity index is 732. The van der Waals surface area contributed by atoms with Gasteiger partial charge in [0.25, 0.3) is 0 Å². The van der Waals surface area contributed by atoms with Crippen molar-refractivity contribution in [3.05, 3.63) is 0 Å². The van der Waals surface area contributed by atoms with Gasteiger partial charge in [0, 0.05) is 18.7 Å². The van der Waals surface area contributed by atoms with Crippen molar-refractivity contribution in [3.63, 3.8) is 0 Å². The van der Waals surface area contributed by atoms with Crippen molar-refractivity contribution in [1.29, 1.82) is 0 Å². The highest BCUT2D eigenvalue weighted by Gasteiger charge is 2.38. The highest BCUT2D eigenvalue weighted by atomic mass is 32.1. The van der Waals surface area contributed by atoms with Gasteiger partial charge in [-0.05, 0) is 19.3 Å². The summed E-state index contributed by atoms with van der Waals surface area (Å²) in [6.45, 7) is 0.254. The summed E-state index contributed by atoms with van der Waals surface area (Å²) in [5.41, 5.74) is 5.67. The fraction of sp³-hybridized carbons (Fsp3) is 0.647. The lowest BCUT2D eigenvalue weighted by molar-refractivity contribution is -0.145. The average molecular weight is 462 g/mol. The molecule has 1 saturated heterocycles. The van der Waals surface area contributed by atoms with E-state index in [2.05, 4.69) is 17.9 Å². The number of carbonyl (C=O) groups is 6. The van der Waals surface area contributed by atoms with Gasteiger partial charge in [0.2, 0.25) is 17.7 Å². The molecule has 4 unspecified atom stereocenters. The summed E-state index contributed by atoms with van der Waals surface area (Å²) < 4.78 is 0. The highest BCUT2D eigenvalue weighted by Crippen LogP contribution is 2.19. The minimum absolute atomic E-state index is 0.0562. The molecule has 0 aromatic carbocycles. The van der Waals surface area contributed by atoms with E-state index >= 15 is 0 Å². The zero-order chi connectivity index (χ0) is 23.7. The number of nitrogens with zero attached hydrogens (tertiary/aromatic N) is 1. The number of thiol groups is 1. The third kappa shape index (κ3) is 8.05. The van der Waals surface area contributed by atoms with Gasteiger partial charge in [0.05, 0.1) is 12.5 Å². The van der Waals surface area contributed by atoms with Crippen LogP contribution in [0.3, 0.4) is 0 Å². The molecule has 3 amide bonds. The molecule has 174 valence electrons. The summed E-state index contributed by atoms with van der Waals surface area (Å²) >= 11 is 3.95. The first-order chi connectivity index (χ1) is 14.5.